The average molecular weight is 448 g/mol. The van der Waals surface area contributed by atoms with Crippen LogP contribution in [0.1, 0.15) is 18.7 Å². The molecule has 0 amide bonds. The summed E-state index contributed by atoms with van der Waals surface area (Å²) in [6.45, 7) is 2.00. The van der Waals surface area contributed by atoms with Gasteiger partial charge in [-0.15, -0.1) is 0 Å². The van der Waals surface area contributed by atoms with Crippen LogP contribution >= 0.6 is 0 Å². The second-order valence-electron chi connectivity index (χ2n) is 7.99. The van der Waals surface area contributed by atoms with Crippen LogP contribution in [-0.2, 0) is 0 Å². The van der Waals surface area contributed by atoms with Crippen LogP contribution in [0.2, 0.25) is 0 Å². The first-order chi connectivity index (χ1) is 16.7. The number of pyridine rings is 1. The Bertz CT molecular complexity index is 1670. The molecule has 0 radical (unpaired) electrons. The molecule has 0 aliphatic rings. The van der Waals surface area contributed by atoms with Crippen molar-refractivity contribution >= 4 is 27.8 Å². The first-order valence-corrected chi connectivity index (χ1v) is 10.8. The number of imidazole rings is 1. The van der Waals surface area contributed by atoms with Gasteiger partial charge in [-0.1, -0.05) is 36.4 Å². The van der Waals surface area contributed by atoms with Crippen LogP contribution in [0.4, 0.5) is 5.82 Å². The van der Waals surface area contributed by atoms with Gasteiger partial charge in [0.1, 0.15) is 11.8 Å². The van der Waals surface area contributed by atoms with Crippen molar-refractivity contribution in [2.45, 2.75) is 13.0 Å². The summed E-state index contributed by atoms with van der Waals surface area (Å²) in [6, 6.07) is 17.3. The zero-order valence-electron chi connectivity index (χ0n) is 18.2. The number of nitrogens with one attached hydrogen (secondary N) is 3. The zero-order chi connectivity index (χ0) is 23.1. The number of H-pyrrole nitrogens is 2. The number of aromatic amines is 2. The Labute approximate surface area is 193 Å². The van der Waals surface area contributed by atoms with Gasteiger partial charge in [0.15, 0.2) is 11.5 Å². The number of hydrogen-bond donors (Lipinski definition) is 3. The minimum atomic E-state index is -0.260. The van der Waals surface area contributed by atoms with Crippen LogP contribution < -0.4 is 10.9 Å². The summed E-state index contributed by atoms with van der Waals surface area (Å²) in [5.74, 6) is 0.595. The lowest BCUT2D eigenvalue weighted by Crippen LogP contribution is -2.26. The molecule has 0 spiro atoms. The molecule has 9 nitrogen and oxygen atoms in total. The highest BCUT2D eigenvalue weighted by Gasteiger charge is 2.20. The largest absolute Gasteiger partial charge is 0.360 e. The minimum Gasteiger partial charge on any atom is -0.360 e. The third-order valence-corrected chi connectivity index (χ3v) is 5.91. The molecular weight excluding hydrogens is 428 g/mol. The maximum atomic E-state index is 14.1. The van der Waals surface area contributed by atoms with Gasteiger partial charge < -0.3 is 10.3 Å². The van der Waals surface area contributed by atoms with Gasteiger partial charge in [0.25, 0.3) is 5.56 Å². The minimum absolute atomic E-state index is 0.100. The number of rotatable bonds is 5. The van der Waals surface area contributed by atoms with E-state index < -0.39 is 0 Å². The van der Waals surface area contributed by atoms with E-state index in [1.165, 1.54) is 6.33 Å². The van der Waals surface area contributed by atoms with Gasteiger partial charge in [-0.2, -0.15) is 5.10 Å². The molecular formula is C25H20N8O. The van der Waals surface area contributed by atoms with E-state index in [4.69, 9.17) is 0 Å². The van der Waals surface area contributed by atoms with Crippen LogP contribution in [0.5, 0.6) is 0 Å². The second-order valence-corrected chi connectivity index (χ2v) is 7.99. The van der Waals surface area contributed by atoms with E-state index in [2.05, 4.69) is 35.5 Å². The third-order valence-electron chi connectivity index (χ3n) is 5.91. The Kier molecular flexibility index (Phi) is 4.65. The molecule has 0 aliphatic heterocycles. The smallest absolute Gasteiger partial charge is 0.263 e. The molecule has 0 saturated heterocycles. The molecule has 9 heteroatoms. The quantitative estimate of drug-likeness (QED) is 0.364. The number of hydrogen-bond acceptors (Lipinski definition) is 6. The number of benzene rings is 2. The lowest BCUT2D eigenvalue weighted by atomic mass is 10.00. The second kappa shape index (κ2) is 7.96. The molecule has 0 unspecified atom stereocenters. The summed E-state index contributed by atoms with van der Waals surface area (Å²) < 4.78 is 1.76. The first kappa shape index (κ1) is 19.9. The summed E-state index contributed by atoms with van der Waals surface area (Å²) in [5.41, 5.74) is 4.48. The SMILES string of the molecule is C[C@H](Nc1ncnc2[nH]cnc12)c1cc2cccc(-c3cn[nH]c3)c2c(=O)n1-c1ccccc1. The molecule has 34 heavy (non-hydrogen) atoms. The van der Waals surface area contributed by atoms with Crippen molar-refractivity contribution in [3.63, 3.8) is 0 Å². The normalized spacial score (nSPS) is 12.3. The third kappa shape index (κ3) is 3.22. The molecule has 1 atom stereocenters. The van der Waals surface area contributed by atoms with Crippen LogP contribution in [0.15, 0.2) is 84.4 Å². The molecule has 0 saturated carbocycles. The van der Waals surface area contributed by atoms with Crippen LogP contribution in [-0.4, -0.2) is 34.7 Å². The highest BCUT2D eigenvalue weighted by atomic mass is 16.1. The maximum Gasteiger partial charge on any atom is 0.263 e. The topological polar surface area (TPSA) is 117 Å². The zero-order valence-corrected chi connectivity index (χ0v) is 18.2. The Morgan fingerprint density at radius 3 is 2.74 bits per heavy atom. The van der Waals surface area contributed by atoms with E-state index in [9.17, 15) is 4.79 Å². The molecule has 6 rings (SSSR count). The summed E-state index contributed by atoms with van der Waals surface area (Å²) in [7, 11) is 0. The molecule has 0 bridgehead atoms. The Morgan fingerprint density at radius 2 is 1.91 bits per heavy atom. The van der Waals surface area contributed by atoms with E-state index >= 15 is 0 Å². The van der Waals surface area contributed by atoms with Gasteiger partial charge in [0.05, 0.1) is 24.0 Å². The molecule has 166 valence electrons. The van der Waals surface area contributed by atoms with Crippen LogP contribution in [0.3, 0.4) is 0 Å². The van der Waals surface area contributed by atoms with Crippen molar-refractivity contribution in [2.24, 2.45) is 0 Å². The highest BCUT2D eigenvalue weighted by molar-refractivity contribution is 5.96. The standard InChI is InChI=1S/C25H20N8O/c1-15(32-24-22-23(27-13-26-22)28-14-29-24)20-10-16-6-5-9-19(17-11-30-31-12-17)21(16)25(34)33(20)18-7-3-2-4-8-18/h2-15H,1H3,(H,30,31)(H2,26,27,28,29,32)/t15-/m0/s1. The average Bonchev–Trinajstić information content (AvgIpc) is 3.57. The lowest BCUT2D eigenvalue weighted by molar-refractivity contribution is 0.774. The van der Waals surface area contributed by atoms with Gasteiger partial charge in [-0.25, -0.2) is 15.0 Å². The van der Waals surface area contributed by atoms with Crippen molar-refractivity contribution in [3.8, 4) is 16.8 Å². The van der Waals surface area contributed by atoms with Crippen molar-refractivity contribution in [1.82, 2.24) is 34.7 Å². The van der Waals surface area contributed by atoms with E-state index in [1.807, 2.05) is 61.5 Å². The summed E-state index contributed by atoms with van der Waals surface area (Å²) in [5, 5.41) is 11.8. The van der Waals surface area contributed by atoms with Gasteiger partial charge in [0, 0.05) is 23.1 Å². The molecule has 6 aromatic rings. The number of anilines is 1. The van der Waals surface area contributed by atoms with Gasteiger partial charge in [-0.05, 0) is 36.1 Å². The number of fused-ring (bicyclic) bond motifs is 2. The first-order valence-electron chi connectivity index (χ1n) is 10.8. The maximum absolute atomic E-state index is 14.1. The molecule has 2 aromatic carbocycles. The molecule has 0 fully saturated rings. The number of nitrogens with zero attached hydrogens (tertiary/aromatic N) is 5. The van der Waals surface area contributed by atoms with Crippen molar-refractivity contribution < 1.29 is 0 Å². The van der Waals surface area contributed by atoms with E-state index in [0.717, 1.165) is 27.9 Å². The van der Waals surface area contributed by atoms with Crippen molar-refractivity contribution in [1.29, 1.82) is 0 Å². The molecule has 4 aromatic heterocycles. The Morgan fingerprint density at radius 1 is 1.03 bits per heavy atom. The molecule has 3 N–H and O–H groups in total. The highest BCUT2D eigenvalue weighted by Crippen LogP contribution is 2.30. The number of para-hydroxylation sites is 1. The molecule has 4 heterocycles. The van der Waals surface area contributed by atoms with Gasteiger partial charge in [0.2, 0.25) is 0 Å². The van der Waals surface area contributed by atoms with Crippen molar-refractivity contribution in [2.75, 3.05) is 5.32 Å². The van der Waals surface area contributed by atoms with Crippen LogP contribution in [0, 0.1) is 0 Å². The summed E-state index contributed by atoms with van der Waals surface area (Å²) in [4.78, 5) is 30.0. The van der Waals surface area contributed by atoms with Gasteiger partial charge >= 0.3 is 0 Å². The van der Waals surface area contributed by atoms with E-state index in [0.29, 0.717) is 22.4 Å². The molecule has 0 aliphatic carbocycles. The lowest BCUT2D eigenvalue weighted by Gasteiger charge is -2.22. The monoisotopic (exact) mass is 448 g/mol. The predicted molar refractivity (Wildman–Crippen MR) is 131 cm³/mol. The van der Waals surface area contributed by atoms with Crippen LogP contribution in [0.25, 0.3) is 38.8 Å². The summed E-state index contributed by atoms with van der Waals surface area (Å²) in [6.07, 6.45) is 6.59. The fourth-order valence-corrected chi connectivity index (χ4v) is 4.33. The fraction of sp³-hybridized carbons (Fsp3) is 0.0800. The predicted octanol–water partition coefficient (Wildman–Crippen LogP) is 4.22. The summed E-state index contributed by atoms with van der Waals surface area (Å²) >= 11 is 0. The number of aromatic nitrogens is 7. The van der Waals surface area contributed by atoms with E-state index in [-0.39, 0.29) is 11.6 Å². The van der Waals surface area contributed by atoms with Crippen molar-refractivity contribution in [3.05, 3.63) is 95.7 Å². The van der Waals surface area contributed by atoms with E-state index in [1.54, 1.807) is 23.3 Å². The van der Waals surface area contributed by atoms with Gasteiger partial charge in [-0.3, -0.25) is 14.5 Å². The fourth-order valence-electron chi connectivity index (χ4n) is 4.33. The Balaban J connectivity index is 1.58. The Hall–Kier alpha value is -4.79.